The maximum absolute atomic E-state index is 12.4. The minimum Gasteiger partial charge on any atom is -0.380 e. The van der Waals surface area contributed by atoms with E-state index in [1.54, 1.807) is 38.1 Å². The molecule has 0 radical (unpaired) electrons. The Kier molecular flexibility index (Phi) is 8.34. The highest BCUT2D eigenvalue weighted by Crippen LogP contribution is 2.16. The van der Waals surface area contributed by atoms with Gasteiger partial charge >= 0.3 is 0 Å². The summed E-state index contributed by atoms with van der Waals surface area (Å²) in [7, 11) is -1.94. The van der Waals surface area contributed by atoms with Crippen molar-refractivity contribution >= 4 is 15.9 Å². The lowest BCUT2D eigenvalue weighted by Crippen LogP contribution is -2.32. The summed E-state index contributed by atoms with van der Waals surface area (Å²) in [4.78, 5) is 12.0. The third-order valence-electron chi connectivity index (χ3n) is 3.77. The number of ether oxygens (including phenoxy) is 1. The first-order valence-corrected chi connectivity index (χ1v) is 9.41. The first-order valence-electron chi connectivity index (χ1n) is 7.97. The van der Waals surface area contributed by atoms with E-state index in [0.29, 0.717) is 19.6 Å². The largest absolute Gasteiger partial charge is 0.380 e. The fourth-order valence-corrected chi connectivity index (χ4v) is 3.69. The average Bonchev–Trinajstić information content (AvgIpc) is 2.59. The first-order chi connectivity index (χ1) is 11.4. The number of nitrogens with zero attached hydrogens (tertiary/aromatic N) is 1. The maximum Gasteiger partial charge on any atom is 0.243 e. The molecule has 7 nitrogen and oxygen atoms in total. The summed E-state index contributed by atoms with van der Waals surface area (Å²) in [6.45, 7) is 5.07. The van der Waals surface area contributed by atoms with E-state index in [1.165, 1.54) is 11.4 Å². The third kappa shape index (κ3) is 5.55. The highest BCUT2D eigenvalue weighted by molar-refractivity contribution is 7.89. The summed E-state index contributed by atoms with van der Waals surface area (Å²) in [5.41, 5.74) is 6.30. The van der Waals surface area contributed by atoms with Crippen molar-refractivity contribution in [2.24, 2.45) is 5.73 Å². The van der Waals surface area contributed by atoms with Crippen LogP contribution in [0.15, 0.2) is 29.2 Å². The van der Waals surface area contributed by atoms with Gasteiger partial charge in [0.25, 0.3) is 0 Å². The van der Waals surface area contributed by atoms with Gasteiger partial charge in [0, 0.05) is 33.3 Å². The van der Waals surface area contributed by atoms with Crippen molar-refractivity contribution in [3.63, 3.8) is 0 Å². The molecule has 3 N–H and O–H groups in total. The molecule has 0 bridgehead atoms. The minimum atomic E-state index is -3.46. The molecule has 8 heteroatoms. The number of nitrogens with one attached hydrogen (secondary N) is 1. The van der Waals surface area contributed by atoms with Gasteiger partial charge in [-0.15, -0.1) is 0 Å². The highest BCUT2D eigenvalue weighted by Gasteiger charge is 2.21. The normalized spacial score (nSPS) is 13.0. The second-order valence-electron chi connectivity index (χ2n) is 5.31. The molecular formula is C16H27N3O4S. The topological polar surface area (TPSA) is 102 Å². The predicted molar refractivity (Wildman–Crippen MR) is 92.9 cm³/mol. The van der Waals surface area contributed by atoms with Gasteiger partial charge in [0.15, 0.2) is 0 Å². The van der Waals surface area contributed by atoms with E-state index < -0.39 is 10.0 Å². The molecule has 1 rings (SSSR count). The Bertz CT molecular complexity index is 609. The fourth-order valence-electron chi connectivity index (χ4n) is 2.23. The molecule has 1 aromatic rings. The zero-order valence-electron chi connectivity index (χ0n) is 14.5. The number of sulfonamides is 1. The first kappa shape index (κ1) is 20.6. The average molecular weight is 357 g/mol. The molecule has 1 atom stereocenters. The van der Waals surface area contributed by atoms with E-state index >= 15 is 0 Å². The van der Waals surface area contributed by atoms with Crippen molar-refractivity contribution in [3.05, 3.63) is 29.8 Å². The molecule has 0 aliphatic heterocycles. The van der Waals surface area contributed by atoms with Crippen LogP contribution in [0.2, 0.25) is 0 Å². The van der Waals surface area contributed by atoms with E-state index in [-0.39, 0.29) is 29.9 Å². The Morgan fingerprint density at radius 2 is 1.83 bits per heavy atom. The molecule has 0 saturated carbocycles. The molecule has 0 heterocycles. The molecule has 0 saturated heterocycles. The van der Waals surface area contributed by atoms with Crippen LogP contribution in [0.3, 0.4) is 0 Å². The smallest absolute Gasteiger partial charge is 0.243 e. The van der Waals surface area contributed by atoms with Crippen LogP contribution in [0.25, 0.3) is 0 Å². The number of carbonyl (C=O) groups is 1. The Morgan fingerprint density at radius 1 is 1.25 bits per heavy atom. The molecular weight excluding hydrogens is 330 g/mol. The summed E-state index contributed by atoms with van der Waals surface area (Å²) in [5, 5.41) is 2.77. The maximum atomic E-state index is 12.4. The van der Waals surface area contributed by atoms with Crippen molar-refractivity contribution in [2.45, 2.75) is 37.8 Å². The summed E-state index contributed by atoms with van der Waals surface area (Å²) >= 11 is 0. The number of hydrogen-bond donors (Lipinski definition) is 2. The van der Waals surface area contributed by atoms with Crippen molar-refractivity contribution < 1.29 is 17.9 Å². The van der Waals surface area contributed by atoms with Gasteiger partial charge in [-0.25, -0.2) is 8.42 Å². The Balaban J connectivity index is 2.67. The Hall–Kier alpha value is -1.48. The standard InChI is InChI=1S/C16H27N3O4S/c1-4-19(5-2)24(21,22)15-8-6-13(7-9-15)12-18-16(20)10-14(11-17)23-3/h6-9,14H,4-5,10-12,17H2,1-3H3,(H,18,20). The van der Waals surface area contributed by atoms with Crippen LogP contribution in [0.4, 0.5) is 0 Å². The molecule has 0 aliphatic carbocycles. The van der Waals surface area contributed by atoms with Gasteiger partial charge in [0.05, 0.1) is 17.4 Å². The van der Waals surface area contributed by atoms with Crippen LogP contribution in [0, 0.1) is 0 Å². The zero-order valence-corrected chi connectivity index (χ0v) is 15.3. The SMILES string of the molecule is CCN(CC)S(=O)(=O)c1ccc(CNC(=O)CC(CN)OC)cc1. The van der Waals surface area contributed by atoms with E-state index in [9.17, 15) is 13.2 Å². The lowest BCUT2D eigenvalue weighted by Gasteiger charge is -2.18. The van der Waals surface area contributed by atoms with Crippen LogP contribution >= 0.6 is 0 Å². The number of rotatable bonds is 10. The molecule has 136 valence electrons. The molecule has 0 aromatic heterocycles. The van der Waals surface area contributed by atoms with Crippen molar-refractivity contribution in [1.82, 2.24) is 9.62 Å². The van der Waals surface area contributed by atoms with Crippen LogP contribution in [0.5, 0.6) is 0 Å². The van der Waals surface area contributed by atoms with Crippen molar-refractivity contribution in [3.8, 4) is 0 Å². The number of amides is 1. The molecule has 0 spiro atoms. The van der Waals surface area contributed by atoms with Gasteiger partial charge in [0.2, 0.25) is 15.9 Å². The van der Waals surface area contributed by atoms with Gasteiger partial charge in [0.1, 0.15) is 0 Å². The third-order valence-corrected chi connectivity index (χ3v) is 5.83. The zero-order chi connectivity index (χ0) is 18.2. The minimum absolute atomic E-state index is 0.160. The fraction of sp³-hybridized carbons (Fsp3) is 0.562. The molecule has 24 heavy (non-hydrogen) atoms. The second kappa shape index (κ2) is 9.73. The number of carbonyl (C=O) groups excluding carboxylic acids is 1. The van der Waals surface area contributed by atoms with Crippen LogP contribution in [-0.4, -0.2) is 51.5 Å². The van der Waals surface area contributed by atoms with Crippen LogP contribution < -0.4 is 11.1 Å². The van der Waals surface area contributed by atoms with E-state index in [4.69, 9.17) is 10.5 Å². The molecule has 0 aliphatic rings. The second-order valence-corrected chi connectivity index (χ2v) is 7.25. The van der Waals surface area contributed by atoms with Crippen LogP contribution in [-0.2, 0) is 26.1 Å². The van der Waals surface area contributed by atoms with E-state index in [1.807, 2.05) is 0 Å². The molecule has 0 fully saturated rings. The van der Waals surface area contributed by atoms with Crippen molar-refractivity contribution in [2.75, 3.05) is 26.7 Å². The van der Waals surface area contributed by atoms with Gasteiger partial charge in [-0.05, 0) is 17.7 Å². The summed E-state index contributed by atoms with van der Waals surface area (Å²) in [5.74, 6) is -0.160. The van der Waals surface area contributed by atoms with E-state index in [0.717, 1.165) is 5.56 Å². The number of nitrogens with two attached hydrogens (primary N) is 1. The van der Waals surface area contributed by atoms with E-state index in [2.05, 4.69) is 5.32 Å². The summed E-state index contributed by atoms with van der Waals surface area (Å²) in [6.07, 6.45) is -0.104. The van der Waals surface area contributed by atoms with Gasteiger partial charge in [-0.2, -0.15) is 4.31 Å². The quantitative estimate of drug-likeness (QED) is 0.642. The Labute approximate surface area is 144 Å². The van der Waals surface area contributed by atoms with Crippen molar-refractivity contribution in [1.29, 1.82) is 0 Å². The number of hydrogen-bond acceptors (Lipinski definition) is 5. The van der Waals surface area contributed by atoms with Gasteiger partial charge < -0.3 is 15.8 Å². The molecule has 1 amide bonds. The predicted octanol–water partition coefficient (Wildman–Crippen LogP) is 0.697. The summed E-state index contributed by atoms with van der Waals surface area (Å²) in [6, 6.07) is 6.53. The number of benzene rings is 1. The summed E-state index contributed by atoms with van der Waals surface area (Å²) < 4.78 is 31.2. The van der Waals surface area contributed by atoms with Gasteiger partial charge in [-0.3, -0.25) is 4.79 Å². The lowest BCUT2D eigenvalue weighted by molar-refractivity contribution is -0.123. The molecule has 1 aromatic carbocycles. The highest BCUT2D eigenvalue weighted by atomic mass is 32.2. The molecule has 1 unspecified atom stereocenters. The van der Waals surface area contributed by atoms with Gasteiger partial charge in [-0.1, -0.05) is 26.0 Å². The lowest BCUT2D eigenvalue weighted by atomic mass is 10.2. The number of methoxy groups -OCH3 is 1. The Morgan fingerprint density at radius 3 is 2.29 bits per heavy atom. The monoisotopic (exact) mass is 357 g/mol. The van der Waals surface area contributed by atoms with Crippen LogP contribution in [0.1, 0.15) is 25.8 Å².